The van der Waals surface area contributed by atoms with E-state index in [9.17, 15) is 35.2 Å². The number of carbonyl (C=O) groups excluding carboxylic acids is 1. The minimum atomic E-state index is -4.44. The Balaban J connectivity index is 1.43. The number of thiazole rings is 1. The van der Waals surface area contributed by atoms with Crippen LogP contribution in [0.4, 0.5) is 22.0 Å². The van der Waals surface area contributed by atoms with Crippen molar-refractivity contribution in [2.45, 2.75) is 36.5 Å². The molecule has 4 rings (SSSR count). The van der Waals surface area contributed by atoms with Crippen molar-refractivity contribution < 1.29 is 35.2 Å². The van der Waals surface area contributed by atoms with E-state index in [0.29, 0.717) is 40.9 Å². The van der Waals surface area contributed by atoms with Crippen molar-refractivity contribution in [1.82, 2.24) is 14.6 Å². The van der Waals surface area contributed by atoms with Gasteiger partial charge in [-0.15, -0.1) is 11.3 Å². The van der Waals surface area contributed by atoms with Gasteiger partial charge in [0, 0.05) is 23.6 Å². The summed E-state index contributed by atoms with van der Waals surface area (Å²) in [5.41, 5.74) is 0.134. The predicted molar refractivity (Wildman–Crippen MR) is 118 cm³/mol. The minimum Gasteiger partial charge on any atom is -0.348 e. The van der Waals surface area contributed by atoms with Gasteiger partial charge in [0.05, 0.1) is 22.7 Å². The van der Waals surface area contributed by atoms with Crippen LogP contribution in [-0.2, 0) is 27.5 Å². The van der Waals surface area contributed by atoms with Gasteiger partial charge in [0.2, 0.25) is 15.9 Å². The van der Waals surface area contributed by atoms with Crippen molar-refractivity contribution in [2.24, 2.45) is 0 Å². The van der Waals surface area contributed by atoms with Crippen LogP contribution in [0.25, 0.3) is 11.3 Å². The van der Waals surface area contributed by atoms with E-state index < -0.39 is 50.2 Å². The molecule has 0 radical (unpaired) electrons. The summed E-state index contributed by atoms with van der Waals surface area (Å²) < 4.78 is 92.0. The molecule has 1 saturated heterocycles. The van der Waals surface area contributed by atoms with Crippen molar-refractivity contribution in [3.8, 4) is 11.3 Å². The van der Waals surface area contributed by atoms with Crippen LogP contribution in [0.15, 0.2) is 52.7 Å². The highest BCUT2D eigenvalue weighted by Crippen LogP contribution is 2.31. The van der Waals surface area contributed by atoms with Gasteiger partial charge in [0.15, 0.2) is 0 Å². The van der Waals surface area contributed by atoms with Gasteiger partial charge in [0.25, 0.3) is 0 Å². The maximum Gasteiger partial charge on any atom is 0.416 e. The highest BCUT2D eigenvalue weighted by Gasteiger charge is 2.39. The highest BCUT2D eigenvalue weighted by molar-refractivity contribution is 7.89. The molecule has 35 heavy (non-hydrogen) atoms. The first-order valence-corrected chi connectivity index (χ1v) is 12.6. The molecule has 1 amide bonds. The Labute approximate surface area is 201 Å². The van der Waals surface area contributed by atoms with Crippen LogP contribution in [0, 0.1) is 11.6 Å². The van der Waals surface area contributed by atoms with Gasteiger partial charge in [0.1, 0.15) is 22.7 Å². The topological polar surface area (TPSA) is 79.4 Å². The summed E-state index contributed by atoms with van der Waals surface area (Å²) in [5.74, 6) is -2.68. The zero-order valence-corrected chi connectivity index (χ0v) is 19.5. The van der Waals surface area contributed by atoms with E-state index in [2.05, 4.69) is 10.3 Å². The van der Waals surface area contributed by atoms with Crippen LogP contribution < -0.4 is 5.32 Å². The SMILES string of the molecule is O=C(NCc1nc(-c2ccc(C(F)(F)F)cc2)cs1)[C@@H]1CCCN1S(=O)(=O)c1cc(F)cc(F)c1. The first kappa shape index (κ1) is 25.2. The zero-order chi connectivity index (χ0) is 25.4. The Bertz CT molecular complexity index is 1320. The average Bonchev–Trinajstić information content (AvgIpc) is 3.47. The maximum absolute atomic E-state index is 13.5. The summed E-state index contributed by atoms with van der Waals surface area (Å²) in [6, 6.07) is 5.41. The number of nitrogens with zero attached hydrogens (tertiary/aromatic N) is 2. The summed E-state index contributed by atoms with van der Waals surface area (Å²) >= 11 is 1.18. The summed E-state index contributed by atoms with van der Waals surface area (Å²) in [6.45, 7) is -0.00299. The van der Waals surface area contributed by atoms with Gasteiger partial charge in [-0.05, 0) is 37.1 Å². The van der Waals surface area contributed by atoms with E-state index in [1.54, 1.807) is 5.38 Å². The molecular formula is C22H18F5N3O3S2. The molecule has 2 heterocycles. The van der Waals surface area contributed by atoms with Crippen molar-refractivity contribution in [3.63, 3.8) is 0 Å². The summed E-state index contributed by atoms with van der Waals surface area (Å²) in [4.78, 5) is 16.5. The second-order valence-electron chi connectivity index (χ2n) is 7.80. The van der Waals surface area contributed by atoms with E-state index in [1.807, 2.05) is 0 Å². The van der Waals surface area contributed by atoms with Gasteiger partial charge < -0.3 is 5.32 Å². The molecule has 0 bridgehead atoms. The van der Waals surface area contributed by atoms with Crippen LogP contribution in [0.1, 0.15) is 23.4 Å². The lowest BCUT2D eigenvalue weighted by Crippen LogP contribution is -2.45. The molecule has 1 aliphatic heterocycles. The van der Waals surface area contributed by atoms with Crippen molar-refractivity contribution in [1.29, 1.82) is 0 Å². The molecule has 6 nitrogen and oxygen atoms in total. The van der Waals surface area contributed by atoms with Gasteiger partial charge >= 0.3 is 6.18 Å². The average molecular weight is 532 g/mol. The predicted octanol–water partition coefficient (Wildman–Crippen LogP) is 4.58. The molecule has 186 valence electrons. The Morgan fingerprint density at radius 2 is 1.77 bits per heavy atom. The number of nitrogens with one attached hydrogen (secondary N) is 1. The fourth-order valence-electron chi connectivity index (χ4n) is 3.74. The number of hydrogen-bond acceptors (Lipinski definition) is 5. The van der Waals surface area contributed by atoms with E-state index in [1.165, 1.54) is 23.5 Å². The molecule has 0 aliphatic carbocycles. The number of benzene rings is 2. The Kier molecular flexibility index (Phi) is 6.93. The minimum absolute atomic E-state index is 0.0217. The number of sulfonamides is 1. The molecule has 13 heteroatoms. The molecule has 0 unspecified atom stereocenters. The van der Waals surface area contributed by atoms with Crippen LogP contribution in [0.5, 0.6) is 0 Å². The largest absolute Gasteiger partial charge is 0.416 e. The van der Waals surface area contributed by atoms with Crippen molar-refractivity contribution in [2.75, 3.05) is 6.54 Å². The van der Waals surface area contributed by atoms with Crippen molar-refractivity contribution in [3.05, 3.63) is 70.1 Å². The van der Waals surface area contributed by atoms with Crippen LogP contribution in [0.2, 0.25) is 0 Å². The third-order valence-electron chi connectivity index (χ3n) is 5.42. The zero-order valence-electron chi connectivity index (χ0n) is 17.9. The molecule has 2 aromatic carbocycles. The highest BCUT2D eigenvalue weighted by atomic mass is 32.2. The summed E-state index contributed by atoms with van der Waals surface area (Å²) in [6.07, 6.45) is -3.82. The molecule has 1 N–H and O–H groups in total. The van der Waals surface area contributed by atoms with Crippen LogP contribution >= 0.6 is 11.3 Å². The number of hydrogen-bond donors (Lipinski definition) is 1. The molecule has 1 aliphatic rings. The molecule has 0 spiro atoms. The maximum atomic E-state index is 13.5. The molecule has 3 aromatic rings. The molecular weight excluding hydrogens is 513 g/mol. The summed E-state index contributed by atoms with van der Waals surface area (Å²) in [5, 5.41) is 4.72. The van der Waals surface area contributed by atoms with E-state index in [4.69, 9.17) is 0 Å². The number of amides is 1. The fourth-order valence-corrected chi connectivity index (χ4v) is 6.18. The lowest BCUT2D eigenvalue weighted by atomic mass is 10.1. The van der Waals surface area contributed by atoms with Crippen molar-refractivity contribution >= 4 is 27.3 Å². The third-order valence-corrected chi connectivity index (χ3v) is 8.16. The Morgan fingerprint density at radius 1 is 1.11 bits per heavy atom. The molecule has 1 fully saturated rings. The lowest BCUT2D eigenvalue weighted by Gasteiger charge is -2.23. The van der Waals surface area contributed by atoms with E-state index >= 15 is 0 Å². The number of aromatic nitrogens is 1. The van der Waals surface area contributed by atoms with Crippen LogP contribution in [-0.4, -0.2) is 36.2 Å². The van der Waals surface area contributed by atoms with Crippen LogP contribution in [0.3, 0.4) is 0 Å². The number of alkyl halides is 3. The van der Waals surface area contributed by atoms with E-state index in [0.717, 1.165) is 16.4 Å². The third kappa shape index (κ3) is 5.52. The standard InChI is InChI=1S/C22H18F5N3O3S2/c23-15-8-16(24)10-17(9-15)35(32,33)30-7-1-2-19(30)21(31)28-11-20-29-18(12-34-20)13-3-5-14(6-4-13)22(25,26)27/h3-6,8-10,12,19H,1-2,7,11H2,(H,28,31)/t19-/m0/s1. The van der Waals surface area contributed by atoms with Gasteiger partial charge in [-0.25, -0.2) is 22.2 Å². The monoisotopic (exact) mass is 531 g/mol. The molecule has 0 saturated carbocycles. The van der Waals surface area contributed by atoms with Gasteiger partial charge in [-0.3, -0.25) is 4.79 Å². The normalized spacial score (nSPS) is 17.0. The van der Waals surface area contributed by atoms with Gasteiger partial charge in [-0.1, -0.05) is 12.1 Å². The molecule has 1 aromatic heterocycles. The Morgan fingerprint density at radius 3 is 2.40 bits per heavy atom. The van der Waals surface area contributed by atoms with E-state index in [-0.39, 0.29) is 19.5 Å². The first-order valence-electron chi connectivity index (χ1n) is 10.3. The lowest BCUT2D eigenvalue weighted by molar-refractivity contribution is -0.137. The first-order chi connectivity index (χ1) is 16.4. The Hall–Kier alpha value is -2.90. The number of halogens is 5. The second kappa shape index (κ2) is 9.63. The quantitative estimate of drug-likeness (QED) is 0.473. The summed E-state index contributed by atoms with van der Waals surface area (Å²) in [7, 11) is -4.31. The number of rotatable bonds is 6. The smallest absolute Gasteiger partial charge is 0.348 e. The fraction of sp³-hybridized carbons (Fsp3) is 0.273. The second-order valence-corrected chi connectivity index (χ2v) is 10.6. The molecule has 1 atom stereocenters. The number of carbonyl (C=O) groups is 1. The van der Waals surface area contributed by atoms with Gasteiger partial charge in [-0.2, -0.15) is 17.5 Å².